The van der Waals surface area contributed by atoms with E-state index in [2.05, 4.69) is 29.6 Å². The molecule has 0 spiro atoms. The number of aromatic nitrogens is 3. The number of hydrogen-bond acceptors (Lipinski definition) is 9. The van der Waals surface area contributed by atoms with Crippen LogP contribution in [0.3, 0.4) is 0 Å². The second kappa shape index (κ2) is 11.8. The predicted octanol–water partition coefficient (Wildman–Crippen LogP) is 4.70. The fraction of sp³-hybridized carbons (Fsp3) is 0.519. The second-order valence-corrected chi connectivity index (χ2v) is 10.2. The fourth-order valence-corrected chi connectivity index (χ4v) is 5.01. The van der Waals surface area contributed by atoms with E-state index in [0.29, 0.717) is 34.5 Å². The topological polar surface area (TPSA) is 115 Å². The maximum absolute atomic E-state index is 10.0. The van der Waals surface area contributed by atoms with Crippen LogP contribution >= 0.6 is 11.6 Å². The number of rotatable bonds is 9. The highest BCUT2D eigenvalue weighted by molar-refractivity contribution is 6.33. The van der Waals surface area contributed by atoms with Gasteiger partial charge in [0.2, 0.25) is 0 Å². The number of aliphatic hydroxyl groups excluding tert-OH is 1. The van der Waals surface area contributed by atoms with E-state index in [4.69, 9.17) is 35.6 Å². The summed E-state index contributed by atoms with van der Waals surface area (Å²) in [4.78, 5) is 9.87. The number of anilines is 1. The highest BCUT2D eigenvalue weighted by Crippen LogP contribution is 2.36. The number of benzene rings is 1. The van der Waals surface area contributed by atoms with E-state index in [9.17, 15) is 5.11 Å². The minimum atomic E-state index is -0.633. The van der Waals surface area contributed by atoms with Crippen LogP contribution in [0.1, 0.15) is 43.7 Å². The van der Waals surface area contributed by atoms with E-state index in [0.717, 1.165) is 41.2 Å². The molecule has 9 nitrogen and oxygen atoms in total. The van der Waals surface area contributed by atoms with Crippen LogP contribution in [-0.2, 0) is 4.74 Å². The molecule has 2 aromatic heterocycles. The number of nitrogens with zero attached hydrogens (tertiary/aromatic N) is 3. The predicted molar refractivity (Wildman–Crippen MR) is 144 cm³/mol. The van der Waals surface area contributed by atoms with E-state index in [1.54, 1.807) is 25.2 Å². The van der Waals surface area contributed by atoms with Gasteiger partial charge >= 0.3 is 0 Å². The largest absolute Gasteiger partial charge is 0.491 e. The molecule has 4 atom stereocenters. The molecular formula is C27H36ClN5O4. The quantitative estimate of drug-likeness (QED) is 0.362. The monoisotopic (exact) mass is 529 g/mol. The Bertz CT molecular complexity index is 1200. The molecule has 0 amide bonds. The van der Waals surface area contributed by atoms with Crippen LogP contribution in [0.2, 0.25) is 5.02 Å². The van der Waals surface area contributed by atoms with Crippen LogP contribution in [0.25, 0.3) is 22.6 Å². The molecule has 3 N–H and O–H groups in total. The Kier molecular flexibility index (Phi) is 8.69. The molecule has 0 radical (unpaired) electrons. The maximum Gasteiger partial charge on any atom is 0.163 e. The van der Waals surface area contributed by atoms with Crippen molar-refractivity contribution in [3.8, 4) is 28.4 Å². The van der Waals surface area contributed by atoms with Gasteiger partial charge in [-0.05, 0) is 72.7 Å². The lowest BCUT2D eigenvalue weighted by Crippen LogP contribution is -2.37. The molecule has 3 aromatic rings. The van der Waals surface area contributed by atoms with Crippen LogP contribution in [0.15, 0.2) is 22.7 Å². The first-order valence-corrected chi connectivity index (χ1v) is 13.0. The molecule has 4 rings (SSSR count). The number of ether oxygens (including phenoxy) is 2. The van der Waals surface area contributed by atoms with Gasteiger partial charge in [0.1, 0.15) is 30.0 Å². The van der Waals surface area contributed by atoms with Crippen molar-refractivity contribution in [3.63, 3.8) is 0 Å². The minimum absolute atomic E-state index is 0.147. The smallest absolute Gasteiger partial charge is 0.163 e. The number of likely N-dealkylation sites (N-methyl/N-ethyl adjacent to an activating group) is 1. The van der Waals surface area contributed by atoms with Gasteiger partial charge in [0.15, 0.2) is 5.82 Å². The highest BCUT2D eigenvalue weighted by Gasteiger charge is 2.27. The van der Waals surface area contributed by atoms with Crippen molar-refractivity contribution in [3.05, 3.63) is 40.2 Å². The molecule has 10 heteroatoms. The Morgan fingerprint density at radius 2 is 1.89 bits per heavy atom. The maximum atomic E-state index is 10.0. The van der Waals surface area contributed by atoms with Crippen molar-refractivity contribution in [2.75, 3.05) is 25.5 Å². The van der Waals surface area contributed by atoms with Crippen molar-refractivity contribution in [1.29, 1.82) is 0 Å². The third-order valence-corrected chi connectivity index (χ3v) is 6.84. The van der Waals surface area contributed by atoms with E-state index in [1.807, 2.05) is 20.8 Å². The van der Waals surface area contributed by atoms with Crippen molar-refractivity contribution < 1.29 is 19.1 Å². The highest BCUT2D eigenvalue weighted by atomic mass is 35.5. The van der Waals surface area contributed by atoms with Crippen molar-refractivity contribution in [1.82, 2.24) is 20.4 Å². The molecule has 0 bridgehead atoms. The van der Waals surface area contributed by atoms with Crippen LogP contribution in [-0.4, -0.2) is 64.8 Å². The molecule has 1 aromatic carbocycles. The summed E-state index contributed by atoms with van der Waals surface area (Å²) in [7, 11) is 1.78. The molecule has 37 heavy (non-hydrogen) atoms. The van der Waals surface area contributed by atoms with Crippen molar-refractivity contribution in [2.24, 2.45) is 0 Å². The summed E-state index contributed by atoms with van der Waals surface area (Å²) >= 11 is 6.64. The standard InChI is InChI=1S/C27H36ClN5O4/c1-14-9-19(10-15(2)36-14)30-26-16(3)25(24-17(4)33-37-18(24)5)31-27(32-26)22-11-21(7-8-23(22)28)35-13-20(34)12-29-6/h7-8,11,14-15,19-20,29,34H,9-10,12-13H2,1-6H3,(H,30,31,32)/t14-,15+,19-,20-/m1/s1. The van der Waals surface area contributed by atoms with Gasteiger partial charge in [0.25, 0.3) is 0 Å². The van der Waals surface area contributed by atoms with E-state index in [1.165, 1.54) is 0 Å². The lowest BCUT2D eigenvalue weighted by atomic mass is 9.99. The summed E-state index contributed by atoms with van der Waals surface area (Å²) in [5, 5.41) is 21.3. The number of nitrogens with one attached hydrogen (secondary N) is 2. The van der Waals surface area contributed by atoms with Gasteiger partial charge in [-0.25, -0.2) is 9.97 Å². The van der Waals surface area contributed by atoms with Crippen LogP contribution < -0.4 is 15.4 Å². The SMILES string of the molecule is CNC[C@@H](O)COc1ccc(Cl)c(-c2nc(N[C@@H]3C[C@@H](C)O[C@@H](C)C3)c(C)c(-c3c(C)noc3C)n2)c1. The molecule has 1 aliphatic rings. The fourth-order valence-electron chi connectivity index (χ4n) is 4.81. The average Bonchev–Trinajstić information content (AvgIpc) is 3.17. The van der Waals surface area contributed by atoms with Crippen molar-refractivity contribution >= 4 is 17.4 Å². The van der Waals surface area contributed by atoms with Crippen molar-refractivity contribution in [2.45, 2.75) is 71.8 Å². The first kappa shape index (κ1) is 27.3. The van der Waals surface area contributed by atoms with Gasteiger partial charge in [-0.15, -0.1) is 0 Å². The zero-order valence-corrected chi connectivity index (χ0v) is 23.0. The lowest BCUT2D eigenvalue weighted by molar-refractivity contribution is -0.0338. The number of aryl methyl sites for hydroxylation is 2. The van der Waals surface area contributed by atoms with Gasteiger partial charge in [-0.3, -0.25) is 0 Å². The van der Waals surface area contributed by atoms with E-state index < -0.39 is 6.10 Å². The number of hydrogen-bond donors (Lipinski definition) is 3. The first-order valence-electron chi connectivity index (χ1n) is 12.7. The van der Waals surface area contributed by atoms with Crippen LogP contribution in [0.5, 0.6) is 5.75 Å². The minimum Gasteiger partial charge on any atom is -0.491 e. The summed E-state index contributed by atoms with van der Waals surface area (Å²) in [6.07, 6.45) is 1.44. The van der Waals surface area contributed by atoms with E-state index >= 15 is 0 Å². The Morgan fingerprint density at radius 1 is 1.16 bits per heavy atom. The molecule has 1 fully saturated rings. The molecule has 1 aliphatic heterocycles. The summed E-state index contributed by atoms with van der Waals surface area (Å²) < 4.78 is 17.2. The Morgan fingerprint density at radius 3 is 2.54 bits per heavy atom. The molecule has 200 valence electrons. The van der Waals surface area contributed by atoms with Gasteiger partial charge in [-0.2, -0.15) is 0 Å². The molecule has 0 aliphatic carbocycles. The second-order valence-electron chi connectivity index (χ2n) is 9.80. The molecule has 3 heterocycles. The number of halogens is 1. The summed E-state index contributed by atoms with van der Waals surface area (Å²) in [6.45, 7) is 10.6. The Labute approximate surface area is 222 Å². The number of aliphatic hydroxyl groups is 1. The molecule has 0 unspecified atom stereocenters. The summed E-state index contributed by atoms with van der Waals surface area (Å²) in [5.74, 6) is 2.45. The Hall–Kier alpha value is -2.72. The van der Waals surface area contributed by atoms with Crippen LogP contribution in [0.4, 0.5) is 5.82 Å². The van der Waals surface area contributed by atoms with Gasteiger partial charge in [-0.1, -0.05) is 16.8 Å². The molecule has 0 saturated carbocycles. The summed E-state index contributed by atoms with van der Waals surface area (Å²) in [6, 6.07) is 5.53. The van der Waals surface area contributed by atoms with Gasteiger partial charge in [0, 0.05) is 23.7 Å². The van der Waals surface area contributed by atoms with Crippen LogP contribution in [0, 0.1) is 20.8 Å². The average molecular weight is 530 g/mol. The van der Waals surface area contributed by atoms with Gasteiger partial charge < -0.3 is 29.7 Å². The third-order valence-electron chi connectivity index (χ3n) is 6.52. The molecular weight excluding hydrogens is 494 g/mol. The summed E-state index contributed by atoms with van der Waals surface area (Å²) in [5.41, 5.74) is 3.88. The Balaban J connectivity index is 1.76. The van der Waals surface area contributed by atoms with Gasteiger partial charge in [0.05, 0.1) is 34.2 Å². The van der Waals surface area contributed by atoms with E-state index in [-0.39, 0.29) is 24.9 Å². The normalized spacial score (nSPS) is 20.6. The zero-order valence-electron chi connectivity index (χ0n) is 22.3. The third kappa shape index (κ3) is 6.41. The zero-order chi connectivity index (χ0) is 26.7. The first-order chi connectivity index (χ1) is 17.7. The lowest BCUT2D eigenvalue weighted by Gasteiger charge is -2.33. The molecule has 1 saturated heterocycles.